The number of hydrogen-bond acceptors (Lipinski definition) is 3. The number of nitrogen functional groups attached to an aromatic ring is 1. The number of hydrogen-bond donors (Lipinski definition) is 1. The third kappa shape index (κ3) is 3.61. The molecule has 0 aliphatic heterocycles. The molecule has 19 heavy (non-hydrogen) atoms. The quantitative estimate of drug-likeness (QED) is 0.849. The summed E-state index contributed by atoms with van der Waals surface area (Å²) in [5.41, 5.74) is 6.31. The van der Waals surface area contributed by atoms with Crippen molar-refractivity contribution in [3.63, 3.8) is 0 Å². The fraction of sp³-hybridized carbons (Fsp3) is 0.143. The summed E-state index contributed by atoms with van der Waals surface area (Å²) < 4.78 is 24.6. The molecule has 0 radical (unpaired) electrons. The van der Waals surface area contributed by atoms with Crippen LogP contribution in [0.3, 0.4) is 0 Å². The van der Waals surface area contributed by atoms with Crippen LogP contribution < -0.4 is 15.2 Å². The van der Waals surface area contributed by atoms with Gasteiger partial charge in [-0.25, -0.2) is 4.39 Å². The Balaban J connectivity index is 2.27. The van der Waals surface area contributed by atoms with Crippen LogP contribution >= 0.6 is 15.9 Å². The van der Waals surface area contributed by atoms with Crippen molar-refractivity contribution in [3.8, 4) is 17.2 Å². The number of benzene rings is 2. The van der Waals surface area contributed by atoms with Gasteiger partial charge in [-0.05, 0) is 41.1 Å². The van der Waals surface area contributed by atoms with Gasteiger partial charge < -0.3 is 15.2 Å². The second-order valence-corrected chi connectivity index (χ2v) is 4.70. The normalized spacial score (nSPS) is 10.3. The number of halogens is 2. The van der Waals surface area contributed by atoms with Crippen LogP contribution in [0.1, 0.15) is 6.92 Å². The summed E-state index contributed by atoms with van der Waals surface area (Å²) in [4.78, 5) is 0. The van der Waals surface area contributed by atoms with Gasteiger partial charge in [-0.2, -0.15) is 0 Å². The maximum absolute atomic E-state index is 13.0. The Morgan fingerprint density at radius 1 is 1.16 bits per heavy atom. The molecule has 0 bridgehead atoms. The van der Waals surface area contributed by atoms with E-state index < -0.39 is 0 Å². The first-order valence-corrected chi connectivity index (χ1v) is 6.54. The van der Waals surface area contributed by atoms with E-state index in [0.717, 1.165) is 0 Å². The molecule has 3 nitrogen and oxygen atoms in total. The largest absolute Gasteiger partial charge is 0.494 e. The zero-order valence-corrected chi connectivity index (χ0v) is 11.9. The summed E-state index contributed by atoms with van der Waals surface area (Å²) in [5, 5.41) is 0. The second-order valence-electron chi connectivity index (χ2n) is 3.85. The van der Waals surface area contributed by atoms with Crippen LogP contribution in [0.2, 0.25) is 0 Å². The maximum atomic E-state index is 13.0. The van der Waals surface area contributed by atoms with E-state index >= 15 is 0 Å². The zero-order chi connectivity index (χ0) is 13.8. The minimum absolute atomic E-state index is 0.332. The lowest BCUT2D eigenvalue weighted by molar-refractivity contribution is 0.338. The average Bonchev–Trinajstić information content (AvgIpc) is 2.32. The van der Waals surface area contributed by atoms with Crippen molar-refractivity contribution in [2.45, 2.75) is 6.92 Å². The predicted molar refractivity (Wildman–Crippen MR) is 76.2 cm³/mol. The minimum Gasteiger partial charge on any atom is -0.494 e. The molecule has 0 fully saturated rings. The molecule has 100 valence electrons. The first kappa shape index (κ1) is 13.7. The lowest BCUT2D eigenvalue weighted by atomic mass is 10.3. The van der Waals surface area contributed by atoms with Crippen LogP contribution in [0, 0.1) is 5.82 Å². The van der Waals surface area contributed by atoms with Gasteiger partial charge in [-0.1, -0.05) is 0 Å². The topological polar surface area (TPSA) is 44.5 Å². The summed E-state index contributed by atoms with van der Waals surface area (Å²) in [5.74, 6) is 1.35. The molecule has 0 saturated heterocycles. The summed E-state index contributed by atoms with van der Waals surface area (Å²) >= 11 is 3.24. The van der Waals surface area contributed by atoms with Crippen molar-refractivity contribution in [2.75, 3.05) is 12.3 Å². The molecule has 0 heterocycles. The van der Waals surface area contributed by atoms with Gasteiger partial charge in [0.2, 0.25) is 0 Å². The first-order valence-electron chi connectivity index (χ1n) is 5.74. The van der Waals surface area contributed by atoms with E-state index in [9.17, 15) is 4.39 Å². The smallest absolute Gasteiger partial charge is 0.141 e. The van der Waals surface area contributed by atoms with E-state index in [-0.39, 0.29) is 5.82 Å². The van der Waals surface area contributed by atoms with E-state index in [1.807, 2.05) is 6.92 Å². The van der Waals surface area contributed by atoms with Crippen molar-refractivity contribution in [1.82, 2.24) is 0 Å². The highest BCUT2D eigenvalue weighted by molar-refractivity contribution is 9.10. The maximum Gasteiger partial charge on any atom is 0.141 e. The molecule has 0 atom stereocenters. The van der Waals surface area contributed by atoms with Crippen LogP contribution in [-0.4, -0.2) is 6.61 Å². The molecular formula is C14H13BrFNO2. The van der Waals surface area contributed by atoms with E-state index in [1.54, 1.807) is 24.3 Å². The minimum atomic E-state index is -0.332. The molecular weight excluding hydrogens is 313 g/mol. The summed E-state index contributed by atoms with van der Waals surface area (Å²) in [6.45, 7) is 2.43. The molecule has 2 rings (SSSR count). The van der Waals surface area contributed by atoms with E-state index in [1.165, 1.54) is 12.1 Å². The first-order chi connectivity index (χ1) is 9.08. The monoisotopic (exact) mass is 325 g/mol. The highest BCUT2D eigenvalue weighted by atomic mass is 79.9. The lowest BCUT2D eigenvalue weighted by Gasteiger charge is -2.11. The van der Waals surface area contributed by atoms with Crippen LogP contribution in [0.25, 0.3) is 0 Å². The molecule has 0 unspecified atom stereocenters. The second kappa shape index (κ2) is 5.93. The van der Waals surface area contributed by atoms with E-state index in [0.29, 0.717) is 34.0 Å². The molecule has 2 aromatic rings. The van der Waals surface area contributed by atoms with Crippen LogP contribution in [-0.2, 0) is 0 Å². The van der Waals surface area contributed by atoms with Gasteiger partial charge in [0.15, 0.2) is 0 Å². The highest BCUT2D eigenvalue weighted by Gasteiger charge is 2.06. The Kier molecular flexibility index (Phi) is 4.27. The molecule has 0 spiro atoms. The highest BCUT2D eigenvalue weighted by Crippen LogP contribution is 2.33. The number of rotatable bonds is 4. The van der Waals surface area contributed by atoms with Crippen molar-refractivity contribution in [2.24, 2.45) is 0 Å². The van der Waals surface area contributed by atoms with Gasteiger partial charge in [-0.15, -0.1) is 0 Å². The number of anilines is 1. The Bertz CT molecular complexity index is 590. The third-order valence-corrected chi connectivity index (χ3v) is 2.95. The third-order valence-electron chi connectivity index (χ3n) is 2.34. The Morgan fingerprint density at radius 2 is 1.89 bits per heavy atom. The fourth-order valence-electron chi connectivity index (χ4n) is 1.59. The van der Waals surface area contributed by atoms with Gasteiger partial charge in [-0.3, -0.25) is 0 Å². The Hall–Kier alpha value is -1.75. The van der Waals surface area contributed by atoms with Crippen molar-refractivity contribution >= 4 is 21.6 Å². The molecule has 2 aromatic carbocycles. The molecule has 5 heteroatoms. The molecule has 0 amide bonds. The van der Waals surface area contributed by atoms with Crippen molar-refractivity contribution < 1.29 is 13.9 Å². The number of nitrogens with two attached hydrogens (primary N) is 1. The van der Waals surface area contributed by atoms with Crippen LogP contribution in [0.4, 0.5) is 10.1 Å². The Labute approximate surface area is 119 Å². The standard InChI is InChI=1S/C14H13BrFNO2/c1-2-18-11-6-10(17)7-12(8-11)19-14-4-3-9(16)5-13(14)15/h3-8H,2,17H2,1H3. The molecule has 2 N–H and O–H groups in total. The van der Waals surface area contributed by atoms with Gasteiger partial charge in [0.1, 0.15) is 23.1 Å². The Morgan fingerprint density at radius 3 is 2.58 bits per heavy atom. The summed E-state index contributed by atoms with van der Waals surface area (Å²) in [7, 11) is 0. The number of ether oxygens (including phenoxy) is 2. The van der Waals surface area contributed by atoms with Gasteiger partial charge in [0.05, 0.1) is 11.1 Å². The average molecular weight is 326 g/mol. The fourth-order valence-corrected chi connectivity index (χ4v) is 2.02. The van der Waals surface area contributed by atoms with Crippen LogP contribution in [0.5, 0.6) is 17.2 Å². The zero-order valence-electron chi connectivity index (χ0n) is 10.3. The van der Waals surface area contributed by atoms with Crippen LogP contribution in [0.15, 0.2) is 40.9 Å². The van der Waals surface area contributed by atoms with Gasteiger partial charge in [0.25, 0.3) is 0 Å². The van der Waals surface area contributed by atoms with Gasteiger partial charge >= 0.3 is 0 Å². The summed E-state index contributed by atoms with van der Waals surface area (Å²) in [6, 6.07) is 9.34. The SMILES string of the molecule is CCOc1cc(N)cc(Oc2ccc(F)cc2Br)c1. The van der Waals surface area contributed by atoms with E-state index in [2.05, 4.69) is 15.9 Å². The van der Waals surface area contributed by atoms with Gasteiger partial charge in [0, 0.05) is 23.9 Å². The molecule has 0 aliphatic carbocycles. The van der Waals surface area contributed by atoms with Crippen molar-refractivity contribution in [3.05, 3.63) is 46.7 Å². The lowest BCUT2D eigenvalue weighted by Crippen LogP contribution is -1.95. The molecule has 0 aromatic heterocycles. The predicted octanol–water partition coefficient (Wildman–Crippen LogP) is 4.36. The summed E-state index contributed by atoms with van der Waals surface area (Å²) in [6.07, 6.45) is 0. The molecule has 0 saturated carbocycles. The van der Waals surface area contributed by atoms with Crippen molar-refractivity contribution in [1.29, 1.82) is 0 Å². The van der Waals surface area contributed by atoms with E-state index in [4.69, 9.17) is 15.2 Å². The molecule has 0 aliphatic rings.